The van der Waals surface area contributed by atoms with Gasteiger partial charge in [0.15, 0.2) is 0 Å². The van der Waals surface area contributed by atoms with Crippen LogP contribution in [0, 0.1) is 0 Å². The lowest BCUT2D eigenvalue weighted by molar-refractivity contribution is 0.107. The van der Waals surface area contributed by atoms with Crippen molar-refractivity contribution >= 4 is 6.09 Å². The van der Waals surface area contributed by atoms with Gasteiger partial charge in [0.2, 0.25) is 11.7 Å². The second kappa shape index (κ2) is 4.96. The maximum atomic E-state index is 10.9. The quantitative estimate of drug-likeness (QED) is 0.927. The van der Waals surface area contributed by atoms with Crippen LogP contribution in [-0.4, -0.2) is 16.2 Å². The van der Waals surface area contributed by atoms with Gasteiger partial charge in [-0.15, -0.1) is 0 Å². The standard InChI is InChI=1S/C14H15N3O3/c1-2-12-16-13(17-20-12)9-3-5-10-8(7-9)4-6-11(10)19-14(15)18/h3,5,7,11H,2,4,6H2,1H3,(H2,15,18). The Labute approximate surface area is 115 Å². The summed E-state index contributed by atoms with van der Waals surface area (Å²) in [6, 6.07) is 5.86. The molecule has 1 aliphatic carbocycles. The van der Waals surface area contributed by atoms with Crippen molar-refractivity contribution in [1.29, 1.82) is 0 Å². The van der Waals surface area contributed by atoms with Crippen molar-refractivity contribution in [3.63, 3.8) is 0 Å². The molecule has 1 aromatic heterocycles. The average Bonchev–Trinajstić information content (AvgIpc) is 3.05. The van der Waals surface area contributed by atoms with Gasteiger partial charge in [-0.25, -0.2) is 4.79 Å². The van der Waals surface area contributed by atoms with Crippen LogP contribution < -0.4 is 5.73 Å². The number of hydrogen-bond donors (Lipinski definition) is 1. The molecule has 0 saturated carbocycles. The van der Waals surface area contributed by atoms with Crippen molar-refractivity contribution < 1.29 is 14.1 Å². The number of amides is 1. The van der Waals surface area contributed by atoms with Gasteiger partial charge in [0.25, 0.3) is 0 Å². The van der Waals surface area contributed by atoms with E-state index >= 15 is 0 Å². The Morgan fingerprint density at radius 1 is 1.55 bits per heavy atom. The first-order valence-electron chi connectivity index (χ1n) is 6.59. The molecule has 6 heteroatoms. The molecule has 1 aliphatic rings. The van der Waals surface area contributed by atoms with E-state index in [0.29, 0.717) is 18.1 Å². The summed E-state index contributed by atoms with van der Waals surface area (Å²) in [5.41, 5.74) is 8.13. The Morgan fingerprint density at radius 2 is 2.40 bits per heavy atom. The Hall–Kier alpha value is -2.37. The third kappa shape index (κ3) is 2.24. The van der Waals surface area contributed by atoms with Gasteiger partial charge < -0.3 is 15.0 Å². The lowest BCUT2D eigenvalue weighted by Gasteiger charge is -2.11. The SMILES string of the molecule is CCc1nc(-c2ccc3c(c2)CCC3OC(N)=O)no1. The summed E-state index contributed by atoms with van der Waals surface area (Å²) < 4.78 is 10.2. The number of rotatable bonds is 3. The summed E-state index contributed by atoms with van der Waals surface area (Å²) in [7, 11) is 0. The van der Waals surface area contributed by atoms with Crippen molar-refractivity contribution in [2.75, 3.05) is 0 Å². The van der Waals surface area contributed by atoms with Crippen LogP contribution >= 0.6 is 0 Å². The molecule has 0 aliphatic heterocycles. The number of primary amides is 1. The highest BCUT2D eigenvalue weighted by Gasteiger charge is 2.25. The average molecular weight is 273 g/mol. The van der Waals surface area contributed by atoms with Crippen LogP contribution in [0.1, 0.15) is 36.5 Å². The third-order valence-corrected chi connectivity index (χ3v) is 3.45. The van der Waals surface area contributed by atoms with E-state index in [9.17, 15) is 4.79 Å². The summed E-state index contributed by atoms with van der Waals surface area (Å²) in [5, 5.41) is 3.96. The molecule has 1 aromatic carbocycles. The lowest BCUT2D eigenvalue weighted by atomic mass is 10.1. The maximum absolute atomic E-state index is 10.9. The molecular weight excluding hydrogens is 258 g/mol. The van der Waals surface area contributed by atoms with E-state index in [1.54, 1.807) is 0 Å². The second-order valence-corrected chi connectivity index (χ2v) is 4.74. The highest BCUT2D eigenvalue weighted by atomic mass is 16.6. The minimum atomic E-state index is -0.738. The summed E-state index contributed by atoms with van der Waals surface area (Å²) in [6.07, 6.45) is 1.34. The van der Waals surface area contributed by atoms with Gasteiger partial charge in [-0.05, 0) is 30.0 Å². The number of hydrogen-bond acceptors (Lipinski definition) is 5. The molecule has 0 fully saturated rings. The molecule has 0 radical (unpaired) electrons. The fourth-order valence-electron chi connectivity index (χ4n) is 2.50. The number of nitrogens with two attached hydrogens (primary N) is 1. The largest absolute Gasteiger partial charge is 0.441 e. The van der Waals surface area contributed by atoms with E-state index in [1.807, 2.05) is 25.1 Å². The number of benzene rings is 1. The smallest absolute Gasteiger partial charge is 0.405 e. The Balaban J connectivity index is 1.89. The molecule has 104 valence electrons. The van der Waals surface area contributed by atoms with Crippen LogP contribution in [0.2, 0.25) is 0 Å². The molecule has 1 amide bonds. The Bertz CT molecular complexity index is 651. The van der Waals surface area contributed by atoms with Crippen LogP contribution in [0.25, 0.3) is 11.4 Å². The molecule has 2 aromatic rings. The number of nitrogens with zero attached hydrogens (tertiary/aromatic N) is 2. The summed E-state index contributed by atoms with van der Waals surface area (Å²) in [5.74, 6) is 1.21. The maximum Gasteiger partial charge on any atom is 0.405 e. The van der Waals surface area contributed by atoms with Crippen LogP contribution in [0.3, 0.4) is 0 Å². The zero-order chi connectivity index (χ0) is 14.1. The molecule has 1 atom stereocenters. The highest BCUT2D eigenvalue weighted by Crippen LogP contribution is 2.35. The van der Waals surface area contributed by atoms with E-state index in [4.69, 9.17) is 15.0 Å². The predicted octanol–water partition coefficient (Wildman–Crippen LogP) is 2.38. The van der Waals surface area contributed by atoms with Gasteiger partial charge in [0.05, 0.1) is 0 Å². The van der Waals surface area contributed by atoms with Gasteiger partial charge in [0.1, 0.15) is 6.10 Å². The Kier molecular flexibility index (Phi) is 3.14. The Morgan fingerprint density at radius 3 is 3.10 bits per heavy atom. The third-order valence-electron chi connectivity index (χ3n) is 3.45. The first-order chi connectivity index (χ1) is 9.67. The van der Waals surface area contributed by atoms with Crippen molar-refractivity contribution in [2.24, 2.45) is 5.73 Å². The first-order valence-corrected chi connectivity index (χ1v) is 6.59. The van der Waals surface area contributed by atoms with E-state index in [1.165, 1.54) is 0 Å². The van der Waals surface area contributed by atoms with Crippen LogP contribution in [0.5, 0.6) is 0 Å². The molecule has 20 heavy (non-hydrogen) atoms. The zero-order valence-corrected chi connectivity index (χ0v) is 11.1. The van der Waals surface area contributed by atoms with Crippen LogP contribution in [0.15, 0.2) is 22.7 Å². The first kappa shape index (κ1) is 12.7. The van der Waals surface area contributed by atoms with Crippen molar-refractivity contribution in [1.82, 2.24) is 10.1 Å². The fraction of sp³-hybridized carbons (Fsp3) is 0.357. The number of carbonyl (C=O) groups is 1. The topological polar surface area (TPSA) is 91.2 Å². The van der Waals surface area contributed by atoms with E-state index in [-0.39, 0.29) is 6.10 Å². The van der Waals surface area contributed by atoms with Crippen LogP contribution in [-0.2, 0) is 17.6 Å². The zero-order valence-electron chi connectivity index (χ0n) is 11.1. The number of aromatic nitrogens is 2. The summed E-state index contributed by atoms with van der Waals surface area (Å²) in [6.45, 7) is 1.96. The number of carbonyl (C=O) groups excluding carboxylic acids is 1. The van der Waals surface area contributed by atoms with Gasteiger partial charge in [0, 0.05) is 12.0 Å². The molecule has 3 rings (SSSR count). The number of ether oxygens (including phenoxy) is 1. The van der Waals surface area contributed by atoms with Gasteiger partial charge in [-0.2, -0.15) is 4.98 Å². The van der Waals surface area contributed by atoms with E-state index in [0.717, 1.165) is 29.5 Å². The predicted molar refractivity (Wildman–Crippen MR) is 70.8 cm³/mol. The van der Waals surface area contributed by atoms with Crippen molar-refractivity contribution in [3.8, 4) is 11.4 Å². The molecule has 2 N–H and O–H groups in total. The van der Waals surface area contributed by atoms with E-state index < -0.39 is 6.09 Å². The highest BCUT2D eigenvalue weighted by molar-refractivity contribution is 5.65. The molecule has 1 heterocycles. The van der Waals surface area contributed by atoms with Gasteiger partial charge in [-0.1, -0.05) is 24.2 Å². The second-order valence-electron chi connectivity index (χ2n) is 4.74. The lowest BCUT2D eigenvalue weighted by Crippen LogP contribution is -2.15. The van der Waals surface area contributed by atoms with Gasteiger partial charge >= 0.3 is 6.09 Å². The summed E-state index contributed by atoms with van der Waals surface area (Å²) in [4.78, 5) is 15.2. The molecule has 6 nitrogen and oxygen atoms in total. The monoisotopic (exact) mass is 273 g/mol. The fourth-order valence-corrected chi connectivity index (χ4v) is 2.50. The molecule has 0 bridgehead atoms. The molecular formula is C14H15N3O3. The van der Waals surface area contributed by atoms with Crippen LogP contribution in [0.4, 0.5) is 4.79 Å². The van der Waals surface area contributed by atoms with E-state index in [2.05, 4.69) is 10.1 Å². The normalized spacial score (nSPS) is 16.9. The van der Waals surface area contributed by atoms with Crippen molar-refractivity contribution in [3.05, 3.63) is 35.2 Å². The molecule has 0 spiro atoms. The van der Waals surface area contributed by atoms with Crippen molar-refractivity contribution in [2.45, 2.75) is 32.3 Å². The minimum Gasteiger partial charge on any atom is -0.441 e. The molecule has 1 unspecified atom stereocenters. The summed E-state index contributed by atoms with van der Waals surface area (Å²) >= 11 is 0. The number of aryl methyl sites for hydroxylation is 2. The minimum absolute atomic E-state index is 0.243. The number of fused-ring (bicyclic) bond motifs is 1. The van der Waals surface area contributed by atoms with Gasteiger partial charge in [-0.3, -0.25) is 0 Å². The molecule has 0 saturated heterocycles.